The van der Waals surface area contributed by atoms with Crippen molar-refractivity contribution in [2.75, 3.05) is 4.90 Å². The minimum Gasteiger partial charge on any atom is -0.455 e. The molecule has 9 aromatic rings. The summed E-state index contributed by atoms with van der Waals surface area (Å²) in [5, 5.41) is 2.23. The molecule has 0 saturated carbocycles. The highest BCUT2D eigenvalue weighted by Crippen LogP contribution is 2.62. The lowest BCUT2D eigenvalue weighted by Gasteiger charge is -2.39. The second-order valence-electron chi connectivity index (χ2n) is 13.4. The van der Waals surface area contributed by atoms with Gasteiger partial charge in [-0.05, 0) is 99.6 Å². The molecule has 1 unspecified atom stereocenters. The van der Waals surface area contributed by atoms with Crippen LogP contribution >= 0.6 is 11.8 Å². The van der Waals surface area contributed by atoms with Gasteiger partial charge < -0.3 is 9.32 Å². The van der Waals surface area contributed by atoms with E-state index >= 15 is 0 Å². The Hall–Kier alpha value is -6.47. The third-order valence-corrected chi connectivity index (χ3v) is 11.9. The minimum absolute atomic E-state index is 0.465. The van der Waals surface area contributed by atoms with Crippen molar-refractivity contribution >= 4 is 50.8 Å². The lowest BCUT2D eigenvalue weighted by molar-refractivity contribution is 0.670. The van der Waals surface area contributed by atoms with Crippen molar-refractivity contribution in [3.05, 3.63) is 210 Å². The van der Waals surface area contributed by atoms with Crippen LogP contribution in [0.5, 0.6) is 0 Å². The molecule has 1 aliphatic carbocycles. The molecule has 1 spiro atoms. The molecule has 0 amide bonds. The number of anilines is 3. The van der Waals surface area contributed by atoms with Crippen molar-refractivity contribution in [2.24, 2.45) is 0 Å². The number of furan rings is 1. The van der Waals surface area contributed by atoms with Crippen LogP contribution < -0.4 is 4.90 Å². The Morgan fingerprint density at radius 1 is 0.538 bits per heavy atom. The van der Waals surface area contributed by atoms with Gasteiger partial charge in [0, 0.05) is 32.6 Å². The third kappa shape index (κ3) is 4.04. The molecule has 0 radical (unpaired) electrons. The van der Waals surface area contributed by atoms with E-state index in [9.17, 15) is 0 Å². The Morgan fingerprint density at radius 2 is 1.27 bits per heavy atom. The Balaban J connectivity index is 1.21. The molecule has 2 heterocycles. The molecule has 2 aliphatic rings. The standard InChI is InChI=1S/C49H29NOS/c1-3-15-32(16-4-1)47-43(30-28-37-36-20-8-12-24-44(36)51-48(37)47)50(33-17-5-2-6-18-33)34-27-29-40-38(31-34)35-19-7-9-21-39(35)49(40)41-22-10-13-25-45(41)52-46-26-14-11-23-42(46)49/h1-13,15-25,27-31H. The molecule has 3 heteroatoms. The summed E-state index contributed by atoms with van der Waals surface area (Å²) in [5.41, 5.74) is 14.3. The Bertz CT molecular complexity index is 2790. The monoisotopic (exact) mass is 679 g/mol. The maximum Gasteiger partial charge on any atom is 0.145 e. The molecule has 11 rings (SSSR count). The van der Waals surface area contributed by atoms with Crippen molar-refractivity contribution in [3.63, 3.8) is 0 Å². The maximum absolute atomic E-state index is 6.73. The van der Waals surface area contributed by atoms with Gasteiger partial charge in [-0.2, -0.15) is 0 Å². The van der Waals surface area contributed by atoms with Gasteiger partial charge in [0.05, 0.1) is 16.0 Å². The second-order valence-corrected chi connectivity index (χ2v) is 14.5. The first-order valence-corrected chi connectivity index (χ1v) is 18.4. The predicted molar refractivity (Wildman–Crippen MR) is 213 cm³/mol. The largest absolute Gasteiger partial charge is 0.455 e. The quantitative estimate of drug-likeness (QED) is 0.184. The predicted octanol–water partition coefficient (Wildman–Crippen LogP) is 13.2. The van der Waals surface area contributed by atoms with Crippen molar-refractivity contribution < 1.29 is 4.42 Å². The molecule has 52 heavy (non-hydrogen) atoms. The van der Waals surface area contributed by atoms with Crippen LogP contribution in [0.2, 0.25) is 0 Å². The van der Waals surface area contributed by atoms with E-state index in [2.05, 4.69) is 181 Å². The molecule has 0 saturated heterocycles. The topological polar surface area (TPSA) is 16.4 Å². The van der Waals surface area contributed by atoms with Gasteiger partial charge in [-0.15, -0.1) is 0 Å². The molecular weight excluding hydrogens is 651 g/mol. The Morgan fingerprint density at radius 3 is 2.15 bits per heavy atom. The zero-order chi connectivity index (χ0) is 34.2. The molecule has 242 valence electrons. The van der Waals surface area contributed by atoms with Crippen LogP contribution in [0.15, 0.2) is 190 Å². The van der Waals surface area contributed by atoms with Crippen LogP contribution in [-0.4, -0.2) is 0 Å². The van der Waals surface area contributed by atoms with Gasteiger partial charge in [-0.25, -0.2) is 0 Å². The summed E-state index contributed by atoms with van der Waals surface area (Å²) >= 11 is 1.79. The molecule has 0 bridgehead atoms. The number of benzene rings is 7. The zero-order valence-electron chi connectivity index (χ0n) is 28.0. The van der Waals surface area contributed by atoms with Crippen LogP contribution in [-0.2, 0) is 5.41 Å². The van der Waals surface area contributed by atoms with E-state index in [0.29, 0.717) is 0 Å². The summed E-state index contributed by atoms with van der Waals surface area (Å²) in [6, 6.07) is 70.0. The number of nitrogens with zero attached hydrogens (tertiary/aromatic N) is 1. The van der Waals surface area contributed by atoms with Gasteiger partial charge in [0.25, 0.3) is 0 Å². The van der Waals surface area contributed by atoms with E-state index < -0.39 is 5.41 Å². The first-order chi connectivity index (χ1) is 25.8. The van der Waals surface area contributed by atoms with Gasteiger partial charge in [0.1, 0.15) is 11.2 Å². The molecule has 0 N–H and O–H groups in total. The van der Waals surface area contributed by atoms with E-state index in [1.807, 2.05) is 12.1 Å². The first-order valence-electron chi connectivity index (χ1n) is 17.6. The molecule has 1 atom stereocenters. The number of rotatable bonds is 4. The van der Waals surface area contributed by atoms with Gasteiger partial charge >= 0.3 is 0 Å². The van der Waals surface area contributed by atoms with Gasteiger partial charge in [0.15, 0.2) is 0 Å². The van der Waals surface area contributed by atoms with Crippen LogP contribution in [0.4, 0.5) is 17.1 Å². The van der Waals surface area contributed by atoms with Gasteiger partial charge in [-0.3, -0.25) is 0 Å². The van der Waals surface area contributed by atoms with Crippen molar-refractivity contribution in [3.8, 4) is 22.3 Å². The average molecular weight is 680 g/mol. The number of fused-ring (bicyclic) bond motifs is 12. The third-order valence-electron chi connectivity index (χ3n) is 10.8. The maximum atomic E-state index is 6.73. The smallest absolute Gasteiger partial charge is 0.145 e. The minimum atomic E-state index is -0.465. The number of para-hydroxylation sites is 2. The fourth-order valence-corrected chi connectivity index (χ4v) is 9.85. The Kier molecular flexibility index (Phi) is 6.35. The van der Waals surface area contributed by atoms with Gasteiger partial charge in [0.2, 0.25) is 0 Å². The SMILES string of the molecule is c1ccc2c(c#1)Sc1ccccc1C21c2ccccc2-c2cc(N(c3ccccc3)c3ccc4c(oc5ccccc54)c3-c3ccccc3)ccc21. The second kappa shape index (κ2) is 11.3. The summed E-state index contributed by atoms with van der Waals surface area (Å²) in [6.45, 7) is 0. The molecule has 1 aromatic heterocycles. The van der Waals surface area contributed by atoms with Crippen molar-refractivity contribution in [1.82, 2.24) is 0 Å². The van der Waals surface area contributed by atoms with Gasteiger partial charge in [-0.1, -0.05) is 139 Å². The number of hydrogen-bond donors (Lipinski definition) is 0. The molecule has 2 nitrogen and oxygen atoms in total. The average Bonchev–Trinajstić information content (AvgIpc) is 3.73. The van der Waals surface area contributed by atoms with E-state index in [1.165, 1.54) is 38.3 Å². The first kappa shape index (κ1) is 29.3. The summed E-state index contributed by atoms with van der Waals surface area (Å²) < 4.78 is 6.73. The summed E-state index contributed by atoms with van der Waals surface area (Å²) in [7, 11) is 0. The highest BCUT2D eigenvalue weighted by molar-refractivity contribution is 7.99. The molecule has 0 fully saturated rings. The molecule has 8 aromatic carbocycles. The number of hydrogen-bond acceptors (Lipinski definition) is 3. The fourth-order valence-electron chi connectivity index (χ4n) is 8.72. The fraction of sp³-hybridized carbons (Fsp3) is 0.0204. The van der Waals surface area contributed by atoms with E-state index in [-0.39, 0.29) is 0 Å². The zero-order valence-corrected chi connectivity index (χ0v) is 28.8. The lowest BCUT2D eigenvalue weighted by atomic mass is 9.67. The Labute approximate surface area is 306 Å². The van der Waals surface area contributed by atoms with E-state index in [0.717, 1.165) is 55.0 Å². The normalized spacial score (nSPS) is 13.3. The molecule has 1 aliphatic heterocycles. The van der Waals surface area contributed by atoms with Crippen LogP contribution in [0.3, 0.4) is 0 Å². The van der Waals surface area contributed by atoms with E-state index in [1.54, 1.807) is 11.8 Å². The van der Waals surface area contributed by atoms with Crippen LogP contribution in [0.1, 0.15) is 22.3 Å². The highest BCUT2D eigenvalue weighted by atomic mass is 32.2. The molecular formula is C49H29NOS. The van der Waals surface area contributed by atoms with Crippen molar-refractivity contribution in [2.45, 2.75) is 15.2 Å². The van der Waals surface area contributed by atoms with Crippen LogP contribution in [0.25, 0.3) is 44.2 Å². The summed E-state index contributed by atoms with van der Waals surface area (Å²) in [4.78, 5) is 4.78. The van der Waals surface area contributed by atoms with Crippen molar-refractivity contribution in [1.29, 1.82) is 0 Å². The highest BCUT2D eigenvalue weighted by Gasteiger charge is 2.50. The summed E-state index contributed by atoms with van der Waals surface area (Å²) in [6.07, 6.45) is 0. The van der Waals surface area contributed by atoms with Crippen LogP contribution in [0, 0.1) is 12.1 Å². The lowest BCUT2D eigenvalue weighted by Crippen LogP contribution is -2.31. The summed E-state index contributed by atoms with van der Waals surface area (Å²) in [5.74, 6) is 0. The van der Waals surface area contributed by atoms with E-state index in [4.69, 9.17) is 4.42 Å².